The summed E-state index contributed by atoms with van der Waals surface area (Å²) < 4.78 is 11.6. The fraction of sp³-hybridized carbons (Fsp3) is 0.200. The van der Waals surface area contributed by atoms with Gasteiger partial charge in [-0.25, -0.2) is 9.35 Å². The Morgan fingerprint density at radius 3 is 2.60 bits per heavy atom. The van der Waals surface area contributed by atoms with Crippen molar-refractivity contribution in [1.82, 2.24) is 0 Å². The van der Waals surface area contributed by atoms with Gasteiger partial charge in [0.1, 0.15) is 12.9 Å². The molecule has 0 bridgehead atoms. The summed E-state index contributed by atoms with van der Waals surface area (Å²) in [5.74, 6) is 0. The van der Waals surface area contributed by atoms with E-state index in [0.29, 0.717) is 4.21 Å². The Morgan fingerprint density at radius 1 is 1.80 bits per heavy atom. The van der Waals surface area contributed by atoms with E-state index < -0.39 is 8.68 Å². The summed E-state index contributed by atoms with van der Waals surface area (Å²) in [6.45, 7) is 1.92. The number of thiophene rings is 1. The van der Waals surface area contributed by atoms with E-state index in [4.69, 9.17) is 5.14 Å². The molecule has 1 unspecified atom stereocenters. The van der Waals surface area contributed by atoms with Crippen LogP contribution in [0.2, 0.25) is 0 Å². The number of nitrogens with two attached hydrogens (primary N) is 1. The molecule has 1 aromatic rings. The summed E-state index contributed by atoms with van der Waals surface area (Å²) in [6.07, 6.45) is 0. The van der Waals surface area contributed by atoms with Crippen LogP contribution >= 0.6 is 11.3 Å². The third-order valence-corrected chi connectivity index (χ3v) is 4.39. The third kappa shape index (κ3) is 1.76. The smallest absolute Gasteiger partial charge is 0.126 e. The van der Waals surface area contributed by atoms with Crippen LogP contribution < -0.4 is 5.14 Å². The molecule has 0 aliphatic rings. The first kappa shape index (κ1) is 8.13. The van der Waals surface area contributed by atoms with Gasteiger partial charge in [-0.05, 0) is 23.9 Å². The van der Waals surface area contributed by atoms with Gasteiger partial charge in [0, 0.05) is 11.2 Å². The summed E-state index contributed by atoms with van der Waals surface area (Å²) in [4.78, 5) is 0. The maximum Gasteiger partial charge on any atom is 0.126 e. The van der Waals surface area contributed by atoms with Crippen molar-refractivity contribution in [1.29, 1.82) is 0 Å². The van der Waals surface area contributed by atoms with Gasteiger partial charge < -0.3 is 0 Å². The number of aryl methyl sites for hydroxylation is 1. The van der Waals surface area contributed by atoms with Crippen LogP contribution in [0.1, 0.15) is 5.56 Å². The lowest BCUT2D eigenvalue weighted by Crippen LogP contribution is -2.08. The van der Waals surface area contributed by atoms with Crippen LogP contribution in [0.15, 0.2) is 15.7 Å². The van der Waals surface area contributed by atoms with E-state index in [1.54, 1.807) is 6.07 Å². The van der Waals surface area contributed by atoms with Crippen LogP contribution in [0.4, 0.5) is 0 Å². The van der Waals surface area contributed by atoms with Crippen molar-refractivity contribution >= 4 is 31.2 Å². The van der Waals surface area contributed by atoms with Gasteiger partial charge in [0.15, 0.2) is 0 Å². The number of rotatable bonds is 1. The van der Waals surface area contributed by atoms with Crippen molar-refractivity contribution in [2.75, 3.05) is 0 Å². The average molecular weight is 193 g/mol. The summed E-state index contributed by atoms with van der Waals surface area (Å²) >= 11 is 5.93. The van der Waals surface area contributed by atoms with Crippen LogP contribution in [0.25, 0.3) is 0 Å². The summed E-state index contributed by atoms with van der Waals surface area (Å²) in [6, 6.07) is 1.76. The van der Waals surface area contributed by atoms with Gasteiger partial charge in [-0.3, -0.25) is 0 Å². The highest BCUT2D eigenvalue weighted by atomic mass is 32.8. The highest BCUT2D eigenvalue weighted by Crippen LogP contribution is 2.17. The van der Waals surface area contributed by atoms with Crippen molar-refractivity contribution in [2.24, 2.45) is 5.14 Å². The van der Waals surface area contributed by atoms with Crippen molar-refractivity contribution in [2.45, 2.75) is 11.1 Å². The predicted octanol–water partition coefficient (Wildman–Crippen LogP) is 1.04. The number of hydrogen-bond acceptors (Lipinski definition) is 3. The Labute approximate surface area is 68.9 Å². The molecule has 0 aromatic carbocycles. The fourth-order valence-corrected chi connectivity index (χ4v) is 2.71. The molecule has 0 fully saturated rings. The summed E-state index contributed by atoms with van der Waals surface area (Å²) in [5, 5.41) is 7.11. The van der Waals surface area contributed by atoms with E-state index in [9.17, 15) is 4.21 Å². The highest BCUT2D eigenvalue weighted by Gasteiger charge is 2.04. The molecule has 0 saturated carbocycles. The first-order valence-corrected chi connectivity index (χ1v) is 6.00. The third-order valence-electron chi connectivity index (χ3n) is 0.987. The maximum absolute atomic E-state index is 11.0. The zero-order chi connectivity index (χ0) is 7.78. The molecule has 0 spiro atoms. The lowest BCUT2D eigenvalue weighted by Gasteiger charge is -1.91. The zero-order valence-electron chi connectivity index (χ0n) is 5.37. The molecular weight excluding hydrogens is 186 g/mol. The largest absolute Gasteiger partial charge is 0.246 e. The Kier molecular flexibility index (Phi) is 2.10. The molecule has 1 heterocycles. The van der Waals surface area contributed by atoms with E-state index in [1.807, 2.05) is 12.3 Å². The van der Waals surface area contributed by atoms with Crippen LogP contribution in [-0.2, 0) is 19.9 Å². The van der Waals surface area contributed by atoms with E-state index in [2.05, 4.69) is 11.2 Å². The normalized spacial score (nSPS) is 16.6. The molecule has 0 radical (unpaired) electrons. The number of hydrogen-bond donors (Lipinski definition) is 1. The standard InChI is InChI=1S/C5H7NOS3/c1-4-2-5(9-3-4)10(6,7)8/h2-3H,1H3,(H2,6,7,8). The van der Waals surface area contributed by atoms with Crippen LogP contribution in [0.3, 0.4) is 0 Å². The molecule has 0 saturated heterocycles. The minimum Gasteiger partial charge on any atom is -0.246 e. The van der Waals surface area contributed by atoms with E-state index >= 15 is 0 Å². The molecule has 2 N–H and O–H groups in total. The summed E-state index contributed by atoms with van der Waals surface area (Å²) in [5.41, 5.74) is 1.06. The fourth-order valence-electron chi connectivity index (χ4n) is 0.554. The van der Waals surface area contributed by atoms with Crippen molar-refractivity contribution in [3.8, 4) is 0 Å². The predicted molar refractivity (Wildman–Crippen MR) is 47.0 cm³/mol. The van der Waals surface area contributed by atoms with Crippen molar-refractivity contribution in [3.63, 3.8) is 0 Å². The molecule has 10 heavy (non-hydrogen) atoms. The van der Waals surface area contributed by atoms with Gasteiger partial charge >= 0.3 is 0 Å². The molecule has 0 aliphatic carbocycles. The molecule has 1 rings (SSSR count). The van der Waals surface area contributed by atoms with Gasteiger partial charge in [0.25, 0.3) is 0 Å². The minimum atomic E-state index is -2.63. The van der Waals surface area contributed by atoms with Crippen molar-refractivity contribution in [3.05, 3.63) is 17.0 Å². The summed E-state index contributed by atoms with van der Waals surface area (Å²) in [7, 11) is -2.63. The second-order valence-corrected chi connectivity index (χ2v) is 6.17. The topological polar surface area (TPSA) is 43.1 Å². The van der Waals surface area contributed by atoms with Gasteiger partial charge in [0.05, 0.1) is 0 Å². The molecule has 1 atom stereocenters. The Morgan fingerprint density at radius 2 is 2.40 bits per heavy atom. The van der Waals surface area contributed by atoms with Gasteiger partial charge in [-0.1, -0.05) is 0 Å². The van der Waals surface area contributed by atoms with Gasteiger partial charge in [-0.2, -0.15) is 0 Å². The van der Waals surface area contributed by atoms with Gasteiger partial charge in [-0.15, -0.1) is 11.3 Å². The maximum atomic E-state index is 11.0. The first-order valence-electron chi connectivity index (χ1n) is 2.58. The Balaban J connectivity index is 3.21. The minimum absolute atomic E-state index is 0.597. The lowest BCUT2D eigenvalue weighted by molar-refractivity contribution is 0.684. The molecule has 56 valence electrons. The van der Waals surface area contributed by atoms with Gasteiger partial charge in [0.2, 0.25) is 0 Å². The first-order chi connectivity index (χ1) is 4.50. The zero-order valence-corrected chi connectivity index (χ0v) is 7.81. The lowest BCUT2D eigenvalue weighted by atomic mass is 10.4. The SMILES string of the molecule is Cc1csc(S(N)(=O)=S)c1. The molecule has 0 amide bonds. The molecule has 0 aliphatic heterocycles. The molecule has 2 nitrogen and oxygen atoms in total. The second-order valence-electron chi connectivity index (χ2n) is 1.99. The van der Waals surface area contributed by atoms with Crippen molar-refractivity contribution < 1.29 is 4.21 Å². The second kappa shape index (κ2) is 2.58. The monoisotopic (exact) mass is 193 g/mol. The van der Waals surface area contributed by atoms with Crippen LogP contribution in [0.5, 0.6) is 0 Å². The molecule has 5 heteroatoms. The quantitative estimate of drug-likeness (QED) is 0.724. The Bertz CT molecular complexity index is 324. The van der Waals surface area contributed by atoms with Crippen LogP contribution in [0, 0.1) is 6.92 Å². The average Bonchev–Trinajstić information content (AvgIpc) is 2.11. The Hall–Kier alpha value is 0.0300. The van der Waals surface area contributed by atoms with E-state index in [0.717, 1.165) is 5.56 Å². The van der Waals surface area contributed by atoms with Crippen LogP contribution in [-0.4, -0.2) is 4.21 Å². The molecular formula is C5H7NOS3. The van der Waals surface area contributed by atoms with E-state index in [1.165, 1.54) is 11.3 Å². The van der Waals surface area contributed by atoms with E-state index in [-0.39, 0.29) is 0 Å². The highest BCUT2D eigenvalue weighted by molar-refractivity contribution is 8.32. The molecule has 1 aromatic heterocycles.